The summed E-state index contributed by atoms with van der Waals surface area (Å²) < 4.78 is 11.2. The van der Waals surface area contributed by atoms with Crippen LogP contribution < -0.4 is 0 Å². The molecule has 4 heteroatoms. The van der Waals surface area contributed by atoms with Crippen LogP contribution in [0.4, 0.5) is 0 Å². The molecule has 0 saturated heterocycles. The summed E-state index contributed by atoms with van der Waals surface area (Å²) in [5.74, 6) is -0.745. The molecule has 0 aromatic heterocycles. The molecular formula is C9H11IO3. The number of carbonyl (C=O) groups is 1. The molecule has 0 bridgehead atoms. The second-order valence-corrected chi connectivity index (χ2v) is 3.81. The summed E-state index contributed by atoms with van der Waals surface area (Å²) in [7, 11) is 0. The van der Waals surface area contributed by atoms with E-state index in [1.165, 1.54) is 0 Å². The number of hydrogen-bond donors (Lipinski definition) is 1. The van der Waals surface area contributed by atoms with Gasteiger partial charge in [0, 0.05) is 9.99 Å². The Kier molecular flexibility index (Phi) is 7.38. The number of rotatable bonds is 2. The van der Waals surface area contributed by atoms with Gasteiger partial charge < -0.3 is 5.11 Å². The Balaban J connectivity index is 0.000000252. The van der Waals surface area contributed by atoms with Crippen LogP contribution in [0, 0.1) is 3.57 Å². The fraction of sp³-hybridized carbons (Fsp3) is 0.222. The third kappa shape index (κ3) is 7.58. The van der Waals surface area contributed by atoms with E-state index in [4.69, 9.17) is 5.11 Å². The zero-order valence-electron chi connectivity index (χ0n) is 7.24. The van der Waals surface area contributed by atoms with Crippen LogP contribution >= 0.6 is 21.2 Å². The van der Waals surface area contributed by atoms with Crippen LogP contribution in [-0.4, -0.2) is 11.1 Å². The van der Waals surface area contributed by atoms with Crippen molar-refractivity contribution in [1.29, 1.82) is 0 Å². The quantitative estimate of drug-likeness (QED) is 0.853. The van der Waals surface area contributed by atoms with Crippen LogP contribution in [0.5, 0.6) is 0 Å². The summed E-state index contributed by atoms with van der Waals surface area (Å²) in [5.41, 5.74) is 0. The minimum absolute atomic E-state index is 0.222. The van der Waals surface area contributed by atoms with Gasteiger partial charge in [-0.2, -0.15) is 0 Å². The lowest BCUT2D eigenvalue weighted by Crippen LogP contribution is -1.86. The highest BCUT2D eigenvalue weighted by Crippen LogP contribution is 2.06. The molecule has 1 aromatic carbocycles. The fourth-order valence-electron chi connectivity index (χ4n) is 0.466. The average Bonchev–Trinajstić information content (AvgIpc) is 2.20. The largest absolute Gasteiger partial charge is 0.481 e. The van der Waals surface area contributed by atoms with Crippen LogP contribution in [0.1, 0.15) is 13.3 Å². The topological polar surface area (TPSA) is 54.4 Å². The number of benzene rings is 1. The van der Waals surface area contributed by atoms with Gasteiger partial charge in [0.15, 0.2) is 21.2 Å². The van der Waals surface area contributed by atoms with E-state index in [2.05, 4.69) is 0 Å². The van der Waals surface area contributed by atoms with E-state index >= 15 is 0 Å². The van der Waals surface area contributed by atoms with Gasteiger partial charge in [-0.1, -0.05) is 25.1 Å². The minimum atomic E-state index is -0.941. The first-order valence-corrected chi connectivity index (χ1v) is 5.70. The maximum absolute atomic E-state index is 10.2. The van der Waals surface area contributed by atoms with Crippen molar-refractivity contribution in [3.8, 4) is 0 Å². The molecule has 0 atom stereocenters. The van der Waals surface area contributed by atoms with Crippen LogP contribution in [0.15, 0.2) is 30.3 Å². The van der Waals surface area contributed by atoms with Gasteiger partial charge in [0.05, 0.1) is 0 Å². The summed E-state index contributed by atoms with van der Waals surface area (Å²) in [5, 5.41) is 7.72. The molecule has 3 nitrogen and oxygen atoms in total. The number of aliphatic carboxylic acids is 1. The molecule has 1 rings (SSSR count). The number of carboxylic acid groups (broad SMARTS) is 1. The van der Waals surface area contributed by atoms with Gasteiger partial charge in [-0.15, -0.1) is 0 Å². The van der Waals surface area contributed by atoms with E-state index in [0.717, 1.165) is 3.57 Å². The summed E-state index contributed by atoms with van der Waals surface area (Å²) in [6.07, 6.45) is 0.222. The Morgan fingerprint density at radius 2 is 1.85 bits per heavy atom. The number of halogens is 1. The molecule has 1 aromatic rings. The molecule has 0 unspecified atom stereocenters. The second-order valence-electron chi connectivity index (χ2n) is 2.12. The zero-order valence-corrected chi connectivity index (χ0v) is 9.39. The van der Waals surface area contributed by atoms with Crippen molar-refractivity contribution in [2.75, 3.05) is 0 Å². The van der Waals surface area contributed by atoms with Crippen LogP contribution in [0.3, 0.4) is 0 Å². The molecule has 0 aliphatic carbocycles. The molecule has 0 fully saturated rings. The Morgan fingerprint density at radius 1 is 1.38 bits per heavy atom. The van der Waals surface area contributed by atoms with E-state index < -0.39 is 27.2 Å². The maximum Gasteiger partial charge on any atom is 0.303 e. The third-order valence-electron chi connectivity index (χ3n) is 1.12. The van der Waals surface area contributed by atoms with Gasteiger partial charge in [0.1, 0.15) is 0 Å². The number of hydrogen-bond acceptors (Lipinski definition) is 2. The van der Waals surface area contributed by atoms with Gasteiger partial charge >= 0.3 is 5.97 Å². The molecule has 13 heavy (non-hydrogen) atoms. The number of carboxylic acids is 1. The summed E-state index contributed by atoms with van der Waals surface area (Å²) in [6, 6.07) is 9.46. The second kappa shape index (κ2) is 7.85. The average molecular weight is 294 g/mol. The van der Waals surface area contributed by atoms with E-state index in [9.17, 15) is 7.86 Å². The van der Waals surface area contributed by atoms with E-state index in [1.54, 1.807) is 6.92 Å². The molecule has 1 N–H and O–H groups in total. The normalized spacial score (nSPS) is 8.38. The lowest BCUT2D eigenvalue weighted by Gasteiger charge is -1.80. The van der Waals surface area contributed by atoms with E-state index in [0.29, 0.717) is 0 Å². The summed E-state index contributed by atoms with van der Waals surface area (Å²) in [6.45, 7) is 1.60. The smallest absolute Gasteiger partial charge is 0.303 e. The van der Waals surface area contributed by atoms with Crippen LogP contribution in [0.2, 0.25) is 0 Å². The van der Waals surface area contributed by atoms with Crippen molar-refractivity contribution in [3.05, 3.63) is 33.9 Å². The van der Waals surface area contributed by atoms with Crippen molar-refractivity contribution in [3.63, 3.8) is 0 Å². The third-order valence-corrected chi connectivity index (χ3v) is 2.35. The fourth-order valence-corrected chi connectivity index (χ4v) is 1.17. The molecule has 0 spiro atoms. The van der Waals surface area contributed by atoms with Gasteiger partial charge in [0.2, 0.25) is 0 Å². The molecule has 0 aliphatic rings. The summed E-state index contributed by atoms with van der Waals surface area (Å²) in [4.78, 5) is 9.37. The van der Waals surface area contributed by atoms with Crippen molar-refractivity contribution in [2.45, 2.75) is 13.3 Å². The van der Waals surface area contributed by atoms with Gasteiger partial charge in [-0.25, -0.2) is 0 Å². The molecule has 72 valence electrons. The Morgan fingerprint density at radius 3 is 2.08 bits per heavy atom. The first-order valence-electron chi connectivity index (χ1n) is 3.74. The Labute approximate surface area is 87.4 Å². The van der Waals surface area contributed by atoms with Crippen molar-refractivity contribution in [2.24, 2.45) is 0 Å². The first-order chi connectivity index (χ1) is 6.20. The molecule has 0 amide bonds. The maximum atomic E-state index is 10.2. The lowest BCUT2D eigenvalue weighted by atomic mass is 10.4. The molecule has 0 saturated carbocycles. The van der Waals surface area contributed by atoms with Crippen LogP contribution in [0.25, 0.3) is 0 Å². The van der Waals surface area contributed by atoms with Crippen molar-refractivity contribution in [1.82, 2.24) is 0 Å². The predicted molar refractivity (Wildman–Crippen MR) is 57.8 cm³/mol. The highest BCUT2D eigenvalue weighted by atomic mass is 127. The highest BCUT2D eigenvalue weighted by molar-refractivity contribution is 14.1. The molecule has 0 aliphatic heterocycles. The zero-order chi connectivity index (χ0) is 10.1. The molecule has 0 heterocycles. The molecular weight excluding hydrogens is 283 g/mol. The van der Waals surface area contributed by atoms with Gasteiger partial charge in [-0.05, 0) is 12.1 Å². The summed E-state index contributed by atoms with van der Waals surface area (Å²) >= 11 is -0.941. The van der Waals surface area contributed by atoms with E-state index in [-0.39, 0.29) is 6.42 Å². The standard InChI is InChI=1S/C6H5IO.C3H6O2/c8-7-6-4-2-1-3-5-6;1-2-3(4)5/h1-5H;2H2,1H3,(H,4,5). The Bertz CT molecular complexity index is 259. The van der Waals surface area contributed by atoms with E-state index in [1.807, 2.05) is 30.3 Å². The van der Waals surface area contributed by atoms with Crippen molar-refractivity contribution >= 4 is 27.2 Å². The Hall–Kier alpha value is -0.780. The van der Waals surface area contributed by atoms with Crippen LogP contribution in [-0.2, 0) is 7.86 Å². The minimum Gasteiger partial charge on any atom is -0.481 e. The van der Waals surface area contributed by atoms with Gasteiger partial charge in [-0.3, -0.25) is 7.86 Å². The van der Waals surface area contributed by atoms with Crippen molar-refractivity contribution < 1.29 is 13.0 Å². The monoisotopic (exact) mass is 294 g/mol. The highest BCUT2D eigenvalue weighted by Gasteiger charge is 1.82. The SMILES string of the molecule is CCC(=O)O.O=Ic1ccccc1. The first kappa shape index (κ1) is 12.2. The lowest BCUT2D eigenvalue weighted by molar-refractivity contribution is -0.136. The van der Waals surface area contributed by atoms with Gasteiger partial charge in [0.25, 0.3) is 0 Å². The molecule has 0 radical (unpaired) electrons. The predicted octanol–water partition coefficient (Wildman–Crippen LogP) is 2.65.